The molecule has 1 saturated heterocycles. The molecule has 1 aliphatic carbocycles. The first-order valence-corrected chi connectivity index (χ1v) is 19.1. The fourth-order valence-electron chi connectivity index (χ4n) is 7.49. The number of nitrogens with zero attached hydrogens (tertiary/aromatic N) is 2. The minimum atomic E-state index is -0.672. The third-order valence-electron chi connectivity index (χ3n) is 9.79. The monoisotopic (exact) mass is 667 g/mol. The zero-order valence-electron chi connectivity index (χ0n) is 31.4. The van der Waals surface area contributed by atoms with Crippen LogP contribution in [-0.2, 0) is 33.7 Å². The first-order chi connectivity index (χ1) is 22.7. The summed E-state index contributed by atoms with van der Waals surface area (Å²) in [5, 5.41) is 3.32. The van der Waals surface area contributed by atoms with Crippen LogP contribution in [0.3, 0.4) is 0 Å². The molecule has 2 fully saturated rings. The molecule has 4 rings (SSSR count). The van der Waals surface area contributed by atoms with E-state index in [9.17, 15) is 14.4 Å². The van der Waals surface area contributed by atoms with Crippen molar-refractivity contribution in [3.63, 3.8) is 0 Å². The van der Waals surface area contributed by atoms with Crippen molar-refractivity contribution in [2.45, 2.75) is 157 Å². The van der Waals surface area contributed by atoms with Gasteiger partial charge in [-0.3, -0.25) is 9.59 Å². The third kappa shape index (κ3) is 11.4. The van der Waals surface area contributed by atoms with E-state index in [1.54, 1.807) is 4.90 Å². The molecule has 0 bridgehead atoms. The summed E-state index contributed by atoms with van der Waals surface area (Å²) in [5.41, 5.74) is 3.15. The van der Waals surface area contributed by atoms with E-state index in [4.69, 9.17) is 9.47 Å². The average molecular weight is 668 g/mol. The number of likely N-dealkylation sites (tertiary alicyclic amines) is 1. The standard InChI is InChI=1S/C40H65N3O5/c1-9-10-11-12-14-30-21-29(22-36-35(30)15-13-18-47-36)24-43(34-16-17-34)38(45)32-23-31(25-42(26-32)39(46)48-40(6,7)8)37(44)41-33(19-27(2)3)20-28(4)5/h21-22,27-28,31-34H,9-20,23-26H2,1-8H3,(H,41,44)/t31-,32+/m0/s1. The molecule has 2 atom stereocenters. The number of ether oxygens (including phenoxy) is 2. The van der Waals surface area contributed by atoms with E-state index >= 15 is 0 Å². The number of fused-ring (bicyclic) bond motifs is 1. The minimum absolute atomic E-state index is 0.0348. The molecule has 1 aromatic carbocycles. The first kappa shape index (κ1) is 38.0. The number of unbranched alkanes of at least 4 members (excludes halogenated alkanes) is 3. The van der Waals surface area contributed by atoms with Crippen molar-refractivity contribution in [2.24, 2.45) is 23.7 Å². The fraction of sp³-hybridized carbons (Fsp3) is 0.775. The Morgan fingerprint density at radius 3 is 2.31 bits per heavy atom. The van der Waals surface area contributed by atoms with Gasteiger partial charge in [0.2, 0.25) is 11.8 Å². The van der Waals surface area contributed by atoms with Gasteiger partial charge in [0.25, 0.3) is 0 Å². The van der Waals surface area contributed by atoms with Crippen molar-refractivity contribution in [1.29, 1.82) is 0 Å². The van der Waals surface area contributed by atoms with Crippen LogP contribution < -0.4 is 10.1 Å². The molecule has 3 aliphatic rings. The van der Waals surface area contributed by atoms with Crippen LogP contribution in [0.1, 0.15) is 136 Å². The van der Waals surface area contributed by atoms with Gasteiger partial charge >= 0.3 is 6.09 Å². The Bertz CT molecular complexity index is 1220. The second-order valence-electron chi connectivity index (χ2n) is 16.7. The maximum atomic E-state index is 14.5. The molecule has 2 heterocycles. The van der Waals surface area contributed by atoms with Crippen molar-refractivity contribution < 1.29 is 23.9 Å². The smallest absolute Gasteiger partial charge is 0.410 e. The number of carbonyl (C=O) groups is 3. The predicted octanol–water partition coefficient (Wildman–Crippen LogP) is 8.08. The second kappa shape index (κ2) is 17.2. The van der Waals surface area contributed by atoms with Gasteiger partial charge in [0, 0.05) is 31.7 Å². The van der Waals surface area contributed by atoms with Gasteiger partial charge in [-0.05, 0) is 113 Å². The van der Waals surface area contributed by atoms with Crippen molar-refractivity contribution in [2.75, 3.05) is 19.7 Å². The molecule has 3 amide bonds. The van der Waals surface area contributed by atoms with Gasteiger partial charge in [-0.1, -0.05) is 59.9 Å². The number of amides is 3. The summed E-state index contributed by atoms with van der Waals surface area (Å²) in [7, 11) is 0. The Hall–Kier alpha value is -2.77. The van der Waals surface area contributed by atoms with Crippen LogP contribution in [0.5, 0.6) is 5.75 Å². The predicted molar refractivity (Wildman–Crippen MR) is 192 cm³/mol. The van der Waals surface area contributed by atoms with Crippen LogP contribution in [0.15, 0.2) is 12.1 Å². The molecule has 2 aliphatic heterocycles. The van der Waals surface area contributed by atoms with Crippen molar-refractivity contribution >= 4 is 17.9 Å². The molecule has 48 heavy (non-hydrogen) atoms. The maximum Gasteiger partial charge on any atom is 0.410 e. The lowest BCUT2D eigenvalue weighted by Crippen LogP contribution is -2.54. The molecule has 8 heteroatoms. The average Bonchev–Trinajstić information content (AvgIpc) is 3.85. The van der Waals surface area contributed by atoms with Gasteiger partial charge in [-0.15, -0.1) is 0 Å². The number of hydrogen-bond donors (Lipinski definition) is 1. The number of aryl methyl sites for hydroxylation is 1. The number of piperidine rings is 1. The van der Waals surface area contributed by atoms with Crippen LogP contribution in [0.4, 0.5) is 4.79 Å². The highest BCUT2D eigenvalue weighted by Gasteiger charge is 2.43. The number of hydrogen-bond acceptors (Lipinski definition) is 5. The lowest BCUT2D eigenvalue weighted by Gasteiger charge is -2.39. The van der Waals surface area contributed by atoms with Crippen molar-refractivity contribution in [3.05, 3.63) is 28.8 Å². The number of rotatable bonds is 15. The molecule has 0 aromatic heterocycles. The van der Waals surface area contributed by atoms with Gasteiger partial charge in [0.05, 0.1) is 18.4 Å². The van der Waals surface area contributed by atoms with Crippen LogP contribution in [0.2, 0.25) is 0 Å². The maximum absolute atomic E-state index is 14.5. The summed E-state index contributed by atoms with van der Waals surface area (Å²) >= 11 is 0. The van der Waals surface area contributed by atoms with Crippen LogP contribution >= 0.6 is 0 Å². The largest absolute Gasteiger partial charge is 0.493 e. The second-order valence-corrected chi connectivity index (χ2v) is 16.7. The lowest BCUT2D eigenvalue weighted by atomic mass is 9.86. The van der Waals surface area contributed by atoms with Gasteiger partial charge < -0.3 is 24.6 Å². The van der Waals surface area contributed by atoms with E-state index in [1.165, 1.54) is 30.4 Å². The van der Waals surface area contributed by atoms with E-state index in [2.05, 4.69) is 52.1 Å². The molecule has 0 spiro atoms. The Balaban J connectivity index is 1.56. The summed E-state index contributed by atoms with van der Waals surface area (Å²) in [5.74, 6) is 0.901. The molecule has 0 unspecified atom stereocenters. The Kier molecular flexibility index (Phi) is 13.7. The zero-order valence-corrected chi connectivity index (χ0v) is 31.4. The number of carbonyl (C=O) groups excluding carboxylic acids is 3. The van der Waals surface area contributed by atoms with Crippen molar-refractivity contribution in [1.82, 2.24) is 15.1 Å². The van der Waals surface area contributed by atoms with Gasteiger partial charge in [-0.2, -0.15) is 0 Å². The SMILES string of the molecule is CCCCCCc1cc(CN(C(=O)[C@@H]2C[C@H](C(=O)NC(CC(C)C)CC(C)C)CN(C(=O)OC(C)(C)C)C2)C2CC2)cc2c1CCCO2. The van der Waals surface area contributed by atoms with E-state index < -0.39 is 23.5 Å². The molecular formula is C40H65N3O5. The highest BCUT2D eigenvalue weighted by Crippen LogP contribution is 2.36. The summed E-state index contributed by atoms with van der Waals surface area (Å²) < 4.78 is 11.9. The minimum Gasteiger partial charge on any atom is -0.493 e. The van der Waals surface area contributed by atoms with E-state index in [0.29, 0.717) is 24.8 Å². The summed E-state index contributed by atoms with van der Waals surface area (Å²) in [6.07, 6.45) is 11.7. The van der Waals surface area contributed by atoms with Crippen molar-refractivity contribution in [3.8, 4) is 5.75 Å². The Morgan fingerprint density at radius 1 is 1.00 bits per heavy atom. The first-order valence-electron chi connectivity index (χ1n) is 19.1. The van der Waals surface area contributed by atoms with Crippen LogP contribution in [0, 0.1) is 23.7 Å². The molecule has 1 saturated carbocycles. The molecule has 270 valence electrons. The molecule has 0 radical (unpaired) electrons. The van der Waals surface area contributed by atoms with Crippen LogP contribution in [0.25, 0.3) is 0 Å². The normalized spacial score (nSPS) is 19.7. The molecule has 1 aromatic rings. The Morgan fingerprint density at radius 2 is 1.69 bits per heavy atom. The third-order valence-corrected chi connectivity index (χ3v) is 9.79. The molecule has 8 nitrogen and oxygen atoms in total. The van der Waals surface area contributed by atoms with Gasteiger partial charge in [0.15, 0.2) is 0 Å². The topological polar surface area (TPSA) is 88.2 Å². The zero-order chi connectivity index (χ0) is 35.0. The number of nitrogens with one attached hydrogen (secondary N) is 1. The summed E-state index contributed by atoms with van der Waals surface area (Å²) in [4.78, 5) is 45.4. The summed E-state index contributed by atoms with van der Waals surface area (Å²) in [6.45, 7) is 18.3. The van der Waals surface area contributed by atoms with E-state index in [1.807, 2.05) is 25.7 Å². The lowest BCUT2D eigenvalue weighted by molar-refractivity contribution is -0.140. The molecule has 1 N–H and O–H groups in total. The molecular weight excluding hydrogens is 602 g/mol. The fourth-order valence-corrected chi connectivity index (χ4v) is 7.49. The highest BCUT2D eigenvalue weighted by molar-refractivity contribution is 5.84. The van der Waals surface area contributed by atoms with Gasteiger partial charge in [0.1, 0.15) is 11.4 Å². The van der Waals surface area contributed by atoms with E-state index in [-0.39, 0.29) is 37.0 Å². The van der Waals surface area contributed by atoms with E-state index in [0.717, 1.165) is 69.3 Å². The quantitative estimate of drug-likeness (QED) is 0.191. The highest BCUT2D eigenvalue weighted by atomic mass is 16.6. The van der Waals surface area contributed by atoms with Crippen LogP contribution in [-0.4, -0.2) is 65.1 Å². The summed E-state index contributed by atoms with van der Waals surface area (Å²) in [6, 6.07) is 4.72. The number of benzene rings is 1. The Labute approximate surface area is 291 Å². The van der Waals surface area contributed by atoms with Gasteiger partial charge in [-0.25, -0.2) is 4.79 Å².